The molecule has 9 heteroatoms. The van der Waals surface area contributed by atoms with Crippen LogP contribution in [-0.4, -0.2) is 61.0 Å². The van der Waals surface area contributed by atoms with E-state index in [1.54, 1.807) is 0 Å². The van der Waals surface area contributed by atoms with Crippen molar-refractivity contribution in [2.75, 3.05) is 6.61 Å². The van der Waals surface area contributed by atoms with Crippen molar-refractivity contribution in [2.45, 2.75) is 58.2 Å². The lowest BCUT2D eigenvalue weighted by Crippen LogP contribution is -2.62. The molecule has 1 aliphatic heterocycles. The third-order valence-corrected chi connectivity index (χ3v) is 3.16. The predicted molar refractivity (Wildman–Crippen MR) is 80.8 cm³/mol. The Hall–Kier alpha value is -2.60. The fourth-order valence-electron chi connectivity index (χ4n) is 2.36. The van der Waals surface area contributed by atoms with Crippen LogP contribution in [0.15, 0.2) is 0 Å². The highest BCUT2D eigenvalue weighted by Crippen LogP contribution is 2.28. The highest BCUT2D eigenvalue weighted by molar-refractivity contribution is 5.68. The van der Waals surface area contributed by atoms with E-state index in [2.05, 4.69) is 5.92 Å². The molecule has 1 aliphatic rings. The Labute approximate surface area is 144 Å². The number of carbonyl (C=O) groups is 4. The number of hydrogen-bond donors (Lipinski definition) is 0. The monoisotopic (exact) mass is 356 g/mol. The molecule has 0 aromatic rings. The van der Waals surface area contributed by atoms with Crippen molar-refractivity contribution in [2.24, 2.45) is 0 Å². The van der Waals surface area contributed by atoms with Gasteiger partial charge in [-0.25, -0.2) is 0 Å². The van der Waals surface area contributed by atoms with Crippen LogP contribution in [0.5, 0.6) is 0 Å². The summed E-state index contributed by atoms with van der Waals surface area (Å²) in [4.78, 5) is 45.3. The largest absolute Gasteiger partial charge is 0.463 e. The van der Waals surface area contributed by atoms with Crippen molar-refractivity contribution in [3.8, 4) is 12.3 Å². The number of esters is 4. The molecular formula is C16H20O9. The van der Waals surface area contributed by atoms with Gasteiger partial charge in [0.25, 0.3) is 0 Å². The Morgan fingerprint density at radius 1 is 0.840 bits per heavy atom. The van der Waals surface area contributed by atoms with E-state index in [0.29, 0.717) is 0 Å². The molecule has 25 heavy (non-hydrogen) atoms. The predicted octanol–water partition coefficient (Wildman–Crippen LogP) is -0.255. The summed E-state index contributed by atoms with van der Waals surface area (Å²) in [6, 6.07) is 0. The standard InChI is InChI=1S/C16H20O9/c1-6-12-14(22-9(3)18)16(24-11(5)20)15(23-10(4)19)13(25-12)7-21-8(2)17/h1,12-16H,7H2,2-5H3/t12-,13-,14+,15-,16-/m1/s1. The molecule has 0 bridgehead atoms. The second-order valence-electron chi connectivity index (χ2n) is 5.29. The highest BCUT2D eigenvalue weighted by Gasteiger charge is 2.51. The molecule has 0 aromatic heterocycles. The molecule has 0 aromatic carbocycles. The van der Waals surface area contributed by atoms with Crippen LogP contribution in [0, 0.1) is 12.3 Å². The van der Waals surface area contributed by atoms with E-state index in [9.17, 15) is 19.2 Å². The lowest BCUT2D eigenvalue weighted by Gasteiger charge is -2.42. The van der Waals surface area contributed by atoms with Crippen molar-refractivity contribution in [3.63, 3.8) is 0 Å². The fourth-order valence-corrected chi connectivity index (χ4v) is 2.36. The topological polar surface area (TPSA) is 114 Å². The molecule has 0 spiro atoms. The van der Waals surface area contributed by atoms with Gasteiger partial charge in [0.05, 0.1) is 0 Å². The lowest BCUT2D eigenvalue weighted by molar-refractivity contribution is -0.242. The van der Waals surface area contributed by atoms with Gasteiger partial charge in [-0.15, -0.1) is 6.42 Å². The summed E-state index contributed by atoms with van der Waals surface area (Å²) in [6.45, 7) is 4.31. The van der Waals surface area contributed by atoms with Gasteiger partial charge in [-0.05, 0) is 0 Å². The van der Waals surface area contributed by atoms with Crippen LogP contribution in [0.25, 0.3) is 0 Å². The van der Waals surface area contributed by atoms with Gasteiger partial charge in [-0.1, -0.05) is 5.92 Å². The average Bonchev–Trinajstić information content (AvgIpc) is 2.48. The summed E-state index contributed by atoms with van der Waals surface area (Å²) >= 11 is 0. The SMILES string of the molecule is C#C[C@H]1O[C@H](COC(C)=O)[C@@H](OC(C)=O)[C@H](OC(C)=O)[C@H]1OC(C)=O. The minimum Gasteiger partial charge on any atom is -0.463 e. The maximum absolute atomic E-state index is 11.5. The Kier molecular flexibility index (Phi) is 7.39. The first-order valence-corrected chi connectivity index (χ1v) is 7.42. The third-order valence-electron chi connectivity index (χ3n) is 3.16. The molecule has 1 fully saturated rings. The van der Waals surface area contributed by atoms with Crippen LogP contribution in [-0.2, 0) is 42.9 Å². The van der Waals surface area contributed by atoms with Gasteiger partial charge in [0.15, 0.2) is 24.4 Å². The average molecular weight is 356 g/mol. The zero-order valence-electron chi connectivity index (χ0n) is 14.3. The van der Waals surface area contributed by atoms with Crippen LogP contribution in [0.2, 0.25) is 0 Å². The van der Waals surface area contributed by atoms with Crippen molar-refractivity contribution in [1.82, 2.24) is 0 Å². The van der Waals surface area contributed by atoms with Gasteiger partial charge >= 0.3 is 23.9 Å². The summed E-state index contributed by atoms with van der Waals surface area (Å²) in [5, 5.41) is 0. The van der Waals surface area contributed by atoms with Crippen molar-refractivity contribution >= 4 is 23.9 Å². The van der Waals surface area contributed by atoms with E-state index >= 15 is 0 Å². The Bertz CT molecular complexity index is 577. The molecule has 0 amide bonds. The minimum atomic E-state index is -1.22. The molecular weight excluding hydrogens is 336 g/mol. The molecule has 0 saturated carbocycles. The molecule has 0 aliphatic carbocycles. The van der Waals surface area contributed by atoms with Crippen LogP contribution < -0.4 is 0 Å². The maximum Gasteiger partial charge on any atom is 0.303 e. The number of carbonyl (C=O) groups excluding carboxylic acids is 4. The molecule has 1 saturated heterocycles. The highest BCUT2D eigenvalue weighted by atomic mass is 16.7. The fraction of sp³-hybridized carbons (Fsp3) is 0.625. The number of ether oxygens (including phenoxy) is 5. The van der Waals surface area contributed by atoms with E-state index in [4.69, 9.17) is 30.1 Å². The van der Waals surface area contributed by atoms with Crippen LogP contribution in [0.4, 0.5) is 0 Å². The van der Waals surface area contributed by atoms with Gasteiger partial charge in [0.2, 0.25) is 0 Å². The van der Waals surface area contributed by atoms with E-state index in [-0.39, 0.29) is 6.61 Å². The molecule has 1 heterocycles. The van der Waals surface area contributed by atoms with Crippen molar-refractivity contribution in [3.05, 3.63) is 0 Å². The first-order chi connectivity index (χ1) is 11.6. The molecule has 0 N–H and O–H groups in total. The zero-order chi connectivity index (χ0) is 19.1. The number of rotatable bonds is 5. The van der Waals surface area contributed by atoms with E-state index in [1.807, 2.05) is 0 Å². The Morgan fingerprint density at radius 3 is 1.76 bits per heavy atom. The number of terminal acetylenes is 1. The van der Waals surface area contributed by atoms with Gasteiger partial charge < -0.3 is 23.7 Å². The summed E-state index contributed by atoms with van der Waals surface area (Å²) < 4.78 is 25.9. The van der Waals surface area contributed by atoms with Gasteiger partial charge in [-0.3, -0.25) is 19.2 Å². The van der Waals surface area contributed by atoms with Crippen molar-refractivity contribution in [1.29, 1.82) is 0 Å². The molecule has 138 valence electrons. The van der Waals surface area contributed by atoms with Crippen LogP contribution in [0.3, 0.4) is 0 Å². The molecule has 0 unspecified atom stereocenters. The van der Waals surface area contributed by atoms with Crippen LogP contribution >= 0.6 is 0 Å². The maximum atomic E-state index is 11.5. The zero-order valence-corrected chi connectivity index (χ0v) is 14.3. The van der Waals surface area contributed by atoms with E-state index < -0.39 is 54.4 Å². The summed E-state index contributed by atoms with van der Waals surface area (Å²) in [6.07, 6.45) is -0.298. The summed E-state index contributed by atoms with van der Waals surface area (Å²) in [5.74, 6) is -0.396. The number of hydrogen-bond acceptors (Lipinski definition) is 9. The molecule has 0 radical (unpaired) electrons. The van der Waals surface area contributed by atoms with Gasteiger partial charge in [0.1, 0.15) is 12.7 Å². The first-order valence-electron chi connectivity index (χ1n) is 7.42. The van der Waals surface area contributed by atoms with Gasteiger partial charge in [0, 0.05) is 27.7 Å². The third kappa shape index (κ3) is 6.08. The summed E-state index contributed by atoms with van der Waals surface area (Å²) in [7, 11) is 0. The minimum absolute atomic E-state index is 0.296. The smallest absolute Gasteiger partial charge is 0.303 e. The normalized spacial score (nSPS) is 28.2. The molecule has 1 rings (SSSR count). The van der Waals surface area contributed by atoms with E-state index in [0.717, 1.165) is 20.8 Å². The van der Waals surface area contributed by atoms with E-state index in [1.165, 1.54) is 6.92 Å². The second-order valence-corrected chi connectivity index (χ2v) is 5.29. The first kappa shape index (κ1) is 20.4. The Morgan fingerprint density at radius 2 is 1.32 bits per heavy atom. The summed E-state index contributed by atoms with van der Waals surface area (Å²) in [5.41, 5.74) is 0. The Balaban J connectivity index is 3.21. The molecule has 9 nitrogen and oxygen atoms in total. The van der Waals surface area contributed by atoms with Crippen molar-refractivity contribution < 1.29 is 42.9 Å². The molecule has 5 atom stereocenters. The quantitative estimate of drug-likeness (QED) is 0.373. The van der Waals surface area contributed by atoms with Gasteiger partial charge in [-0.2, -0.15) is 0 Å². The lowest BCUT2D eigenvalue weighted by atomic mass is 9.94. The second kappa shape index (κ2) is 9.03. The van der Waals surface area contributed by atoms with Crippen LogP contribution in [0.1, 0.15) is 27.7 Å².